The summed E-state index contributed by atoms with van der Waals surface area (Å²) in [6.07, 6.45) is -3.49. The fourth-order valence-electron chi connectivity index (χ4n) is 2.48. The summed E-state index contributed by atoms with van der Waals surface area (Å²) in [7, 11) is 0. The van der Waals surface area contributed by atoms with E-state index in [1.54, 1.807) is 6.92 Å². The molecule has 22 heavy (non-hydrogen) atoms. The summed E-state index contributed by atoms with van der Waals surface area (Å²) < 4.78 is 37.5. The summed E-state index contributed by atoms with van der Waals surface area (Å²) >= 11 is 0. The lowest BCUT2D eigenvalue weighted by molar-refractivity contribution is -0.137. The molecule has 0 aliphatic carbocycles. The standard InChI is InChI=1S/C15H20F3N3O/c1-10(19)14(22)20-13-6-7-21(9-13)8-11-2-4-12(5-3-11)15(16,17)18/h2-5,10,13H,6-9,19H2,1H3,(H,20,22)/t10-,13?/m1/s1. The summed E-state index contributed by atoms with van der Waals surface area (Å²) in [5.41, 5.74) is 5.69. The van der Waals surface area contributed by atoms with Crippen molar-refractivity contribution in [1.29, 1.82) is 0 Å². The number of benzene rings is 1. The number of hydrogen-bond acceptors (Lipinski definition) is 3. The number of nitrogens with zero attached hydrogens (tertiary/aromatic N) is 1. The summed E-state index contributed by atoms with van der Waals surface area (Å²) in [6.45, 7) is 3.68. The zero-order valence-corrected chi connectivity index (χ0v) is 12.4. The van der Waals surface area contributed by atoms with Crippen molar-refractivity contribution in [2.75, 3.05) is 13.1 Å². The summed E-state index contributed by atoms with van der Waals surface area (Å²) in [5.74, 6) is -0.179. The number of carbonyl (C=O) groups excluding carboxylic acids is 1. The Balaban J connectivity index is 1.86. The minimum Gasteiger partial charge on any atom is -0.351 e. The summed E-state index contributed by atoms with van der Waals surface area (Å²) in [6, 6.07) is 4.70. The first-order chi connectivity index (χ1) is 10.3. The van der Waals surface area contributed by atoms with Gasteiger partial charge in [-0.25, -0.2) is 0 Å². The first-order valence-corrected chi connectivity index (χ1v) is 7.20. The SMILES string of the molecule is C[C@@H](N)C(=O)NC1CCN(Cc2ccc(C(F)(F)F)cc2)C1. The van der Waals surface area contributed by atoms with E-state index < -0.39 is 17.8 Å². The zero-order valence-electron chi connectivity index (χ0n) is 12.4. The van der Waals surface area contributed by atoms with Crippen molar-refractivity contribution in [2.24, 2.45) is 5.73 Å². The Morgan fingerprint density at radius 1 is 1.41 bits per heavy atom. The first kappa shape index (κ1) is 16.8. The Labute approximate surface area is 127 Å². The van der Waals surface area contributed by atoms with Crippen molar-refractivity contribution in [1.82, 2.24) is 10.2 Å². The number of rotatable bonds is 4. The van der Waals surface area contributed by atoms with Crippen molar-refractivity contribution in [3.8, 4) is 0 Å². The molecule has 1 unspecified atom stereocenters. The molecule has 1 fully saturated rings. The minimum atomic E-state index is -4.31. The lowest BCUT2D eigenvalue weighted by Gasteiger charge is -2.18. The van der Waals surface area contributed by atoms with Crippen molar-refractivity contribution >= 4 is 5.91 Å². The van der Waals surface area contributed by atoms with Gasteiger partial charge in [-0.3, -0.25) is 9.69 Å². The number of hydrogen-bond donors (Lipinski definition) is 2. The highest BCUT2D eigenvalue weighted by molar-refractivity contribution is 5.81. The van der Waals surface area contributed by atoms with Crippen LogP contribution in [0.25, 0.3) is 0 Å². The van der Waals surface area contributed by atoms with E-state index in [1.165, 1.54) is 12.1 Å². The van der Waals surface area contributed by atoms with E-state index in [4.69, 9.17) is 5.73 Å². The number of alkyl halides is 3. The molecule has 7 heteroatoms. The molecular weight excluding hydrogens is 295 g/mol. The fourth-order valence-corrected chi connectivity index (χ4v) is 2.48. The molecule has 122 valence electrons. The molecule has 0 saturated carbocycles. The van der Waals surface area contributed by atoms with Crippen LogP contribution in [-0.2, 0) is 17.5 Å². The van der Waals surface area contributed by atoms with Gasteiger partial charge in [-0.05, 0) is 31.0 Å². The second-order valence-corrected chi connectivity index (χ2v) is 5.71. The van der Waals surface area contributed by atoms with Crippen molar-refractivity contribution in [2.45, 2.75) is 38.1 Å². The maximum absolute atomic E-state index is 12.5. The number of nitrogens with two attached hydrogens (primary N) is 1. The molecule has 1 saturated heterocycles. The van der Waals surface area contributed by atoms with Gasteiger partial charge in [0.05, 0.1) is 11.6 Å². The van der Waals surface area contributed by atoms with Gasteiger partial charge in [0.25, 0.3) is 0 Å². The summed E-state index contributed by atoms with van der Waals surface area (Å²) in [4.78, 5) is 13.6. The maximum Gasteiger partial charge on any atom is 0.416 e. The average Bonchev–Trinajstić information content (AvgIpc) is 2.85. The Kier molecular flexibility index (Phi) is 5.08. The molecule has 1 aliphatic rings. The molecule has 3 N–H and O–H groups in total. The number of nitrogens with one attached hydrogen (secondary N) is 1. The summed E-state index contributed by atoms with van der Waals surface area (Å²) in [5, 5.41) is 2.87. The zero-order chi connectivity index (χ0) is 16.3. The molecule has 4 nitrogen and oxygen atoms in total. The largest absolute Gasteiger partial charge is 0.416 e. The molecule has 0 bridgehead atoms. The molecule has 0 radical (unpaired) electrons. The monoisotopic (exact) mass is 315 g/mol. The van der Waals surface area contributed by atoms with Crippen LogP contribution < -0.4 is 11.1 Å². The van der Waals surface area contributed by atoms with Crippen LogP contribution >= 0.6 is 0 Å². The third-order valence-electron chi connectivity index (χ3n) is 3.72. The maximum atomic E-state index is 12.5. The number of likely N-dealkylation sites (tertiary alicyclic amines) is 1. The van der Waals surface area contributed by atoms with E-state index in [0.29, 0.717) is 13.1 Å². The lowest BCUT2D eigenvalue weighted by Crippen LogP contribution is -2.44. The minimum absolute atomic E-state index is 0.0490. The molecule has 1 aromatic carbocycles. The molecule has 0 aromatic heterocycles. The Morgan fingerprint density at radius 2 is 2.05 bits per heavy atom. The van der Waals surface area contributed by atoms with Gasteiger partial charge in [-0.15, -0.1) is 0 Å². The Bertz CT molecular complexity index is 514. The molecule has 2 atom stereocenters. The second kappa shape index (κ2) is 6.66. The normalized spacial score (nSPS) is 20.9. The van der Waals surface area contributed by atoms with Crippen LogP contribution in [0.1, 0.15) is 24.5 Å². The van der Waals surface area contributed by atoms with E-state index in [0.717, 1.165) is 30.7 Å². The van der Waals surface area contributed by atoms with Gasteiger partial charge in [-0.2, -0.15) is 13.2 Å². The lowest BCUT2D eigenvalue weighted by atomic mass is 10.1. The second-order valence-electron chi connectivity index (χ2n) is 5.71. The first-order valence-electron chi connectivity index (χ1n) is 7.20. The van der Waals surface area contributed by atoms with Crippen molar-refractivity contribution < 1.29 is 18.0 Å². The third-order valence-corrected chi connectivity index (χ3v) is 3.72. The molecule has 2 rings (SSSR count). The van der Waals surface area contributed by atoms with Crippen LogP contribution in [-0.4, -0.2) is 36.0 Å². The quantitative estimate of drug-likeness (QED) is 0.890. The van der Waals surface area contributed by atoms with Gasteiger partial charge in [0.15, 0.2) is 0 Å². The van der Waals surface area contributed by atoms with Gasteiger partial charge in [0.2, 0.25) is 5.91 Å². The van der Waals surface area contributed by atoms with Crippen molar-refractivity contribution in [3.63, 3.8) is 0 Å². The Morgan fingerprint density at radius 3 is 2.59 bits per heavy atom. The van der Waals surface area contributed by atoms with Crippen LogP contribution in [0.4, 0.5) is 13.2 Å². The van der Waals surface area contributed by atoms with Gasteiger partial charge in [-0.1, -0.05) is 12.1 Å². The third kappa shape index (κ3) is 4.45. The van der Waals surface area contributed by atoms with E-state index in [1.807, 2.05) is 0 Å². The van der Waals surface area contributed by atoms with Gasteiger partial charge < -0.3 is 11.1 Å². The topological polar surface area (TPSA) is 58.4 Å². The average molecular weight is 315 g/mol. The molecule has 1 aliphatic heterocycles. The Hall–Kier alpha value is -1.60. The molecule has 1 heterocycles. The van der Waals surface area contributed by atoms with Gasteiger partial charge in [0.1, 0.15) is 0 Å². The highest BCUT2D eigenvalue weighted by Gasteiger charge is 2.30. The van der Waals surface area contributed by atoms with E-state index in [2.05, 4.69) is 10.2 Å². The van der Waals surface area contributed by atoms with Crippen LogP contribution in [0, 0.1) is 0 Å². The van der Waals surface area contributed by atoms with Gasteiger partial charge in [0, 0.05) is 25.7 Å². The van der Waals surface area contributed by atoms with E-state index >= 15 is 0 Å². The highest BCUT2D eigenvalue weighted by Crippen LogP contribution is 2.29. The predicted octanol–water partition coefficient (Wildman–Crippen LogP) is 1.74. The molecule has 0 spiro atoms. The van der Waals surface area contributed by atoms with Crippen molar-refractivity contribution in [3.05, 3.63) is 35.4 Å². The smallest absolute Gasteiger partial charge is 0.351 e. The molecular formula is C15H20F3N3O. The number of carbonyl (C=O) groups is 1. The van der Waals surface area contributed by atoms with E-state index in [-0.39, 0.29) is 11.9 Å². The predicted molar refractivity (Wildman–Crippen MR) is 76.9 cm³/mol. The van der Waals surface area contributed by atoms with Crippen LogP contribution in [0.3, 0.4) is 0 Å². The van der Waals surface area contributed by atoms with Gasteiger partial charge >= 0.3 is 6.18 Å². The van der Waals surface area contributed by atoms with Crippen LogP contribution in [0.2, 0.25) is 0 Å². The molecule has 1 amide bonds. The van der Waals surface area contributed by atoms with Crippen LogP contribution in [0.15, 0.2) is 24.3 Å². The number of halogens is 3. The van der Waals surface area contributed by atoms with E-state index in [9.17, 15) is 18.0 Å². The van der Waals surface area contributed by atoms with Crippen LogP contribution in [0.5, 0.6) is 0 Å². The molecule has 1 aromatic rings. The highest BCUT2D eigenvalue weighted by atomic mass is 19.4. The fraction of sp³-hybridized carbons (Fsp3) is 0.533. The number of amides is 1.